The third-order valence-corrected chi connectivity index (χ3v) is 4.84. The summed E-state index contributed by atoms with van der Waals surface area (Å²) in [5.74, 6) is 0. The first-order valence-corrected chi connectivity index (χ1v) is 9.03. The van der Waals surface area contributed by atoms with Crippen LogP contribution in [0.3, 0.4) is 0 Å². The molecular weight excluding hydrogens is 372 g/mol. The van der Waals surface area contributed by atoms with Gasteiger partial charge in [-0.15, -0.1) is 0 Å². The molecule has 0 aliphatic heterocycles. The van der Waals surface area contributed by atoms with E-state index in [0.717, 1.165) is 21.4 Å². The second-order valence-electron chi connectivity index (χ2n) is 4.48. The fourth-order valence-electron chi connectivity index (χ4n) is 1.71. The molecule has 3 N–H and O–H groups in total. The molecule has 0 heterocycles. The van der Waals surface area contributed by atoms with Crippen LogP contribution >= 0.6 is 28.1 Å². The van der Waals surface area contributed by atoms with Crippen LogP contribution in [-0.2, 0) is 9.84 Å². The van der Waals surface area contributed by atoms with E-state index in [4.69, 9.17) is 18.0 Å². The highest BCUT2D eigenvalue weighted by molar-refractivity contribution is 9.10. The molecule has 21 heavy (non-hydrogen) atoms. The zero-order valence-electron chi connectivity index (χ0n) is 11.1. The average Bonchev–Trinajstić information content (AvgIpc) is 2.40. The van der Waals surface area contributed by atoms with E-state index in [1.54, 1.807) is 24.3 Å². The lowest BCUT2D eigenvalue weighted by Crippen LogP contribution is -2.09. The van der Waals surface area contributed by atoms with E-state index >= 15 is 0 Å². The second kappa shape index (κ2) is 6.13. The minimum Gasteiger partial charge on any atom is -0.389 e. The van der Waals surface area contributed by atoms with E-state index in [9.17, 15) is 8.42 Å². The molecule has 0 radical (unpaired) electrons. The Kier molecular flexibility index (Phi) is 4.65. The summed E-state index contributed by atoms with van der Waals surface area (Å²) in [5, 5.41) is 3.19. The van der Waals surface area contributed by atoms with Gasteiger partial charge in [0.25, 0.3) is 0 Å². The van der Waals surface area contributed by atoms with Crippen molar-refractivity contribution in [3.63, 3.8) is 0 Å². The summed E-state index contributed by atoms with van der Waals surface area (Å²) >= 11 is 8.37. The fourth-order valence-corrected chi connectivity index (χ4v) is 2.95. The van der Waals surface area contributed by atoms with E-state index in [1.807, 2.05) is 18.2 Å². The minimum absolute atomic E-state index is 0.288. The van der Waals surface area contributed by atoms with E-state index in [-0.39, 0.29) is 4.90 Å². The topological polar surface area (TPSA) is 72.2 Å². The first kappa shape index (κ1) is 15.9. The van der Waals surface area contributed by atoms with Gasteiger partial charge < -0.3 is 11.1 Å². The predicted molar refractivity (Wildman–Crippen MR) is 92.9 cm³/mol. The molecule has 0 fully saturated rings. The van der Waals surface area contributed by atoms with Crippen LogP contribution in [0.25, 0.3) is 0 Å². The van der Waals surface area contributed by atoms with Crippen LogP contribution in [0.4, 0.5) is 11.4 Å². The van der Waals surface area contributed by atoms with E-state index in [0.29, 0.717) is 4.99 Å². The Balaban J connectivity index is 2.24. The number of anilines is 2. The van der Waals surface area contributed by atoms with Crippen molar-refractivity contribution in [3.8, 4) is 0 Å². The second-order valence-corrected chi connectivity index (χ2v) is 7.79. The minimum atomic E-state index is -3.18. The Bertz CT molecular complexity index is 787. The number of hydrogen-bond donors (Lipinski definition) is 2. The lowest BCUT2D eigenvalue weighted by molar-refractivity contribution is 0.602. The van der Waals surface area contributed by atoms with Crippen LogP contribution in [0.1, 0.15) is 5.56 Å². The zero-order chi connectivity index (χ0) is 15.6. The van der Waals surface area contributed by atoms with Crippen molar-refractivity contribution in [3.05, 3.63) is 52.5 Å². The van der Waals surface area contributed by atoms with Gasteiger partial charge in [-0.3, -0.25) is 0 Å². The molecule has 0 unspecified atom stereocenters. The molecular formula is C14H13BrN2O2S2. The van der Waals surface area contributed by atoms with E-state index < -0.39 is 9.84 Å². The third-order valence-electron chi connectivity index (χ3n) is 2.82. The van der Waals surface area contributed by atoms with Crippen molar-refractivity contribution in [2.75, 3.05) is 11.6 Å². The number of thiocarbonyl (C=S) groups is 1. The van der Waals surface area contributed by atoms with E-state index in [1.165, 1.54) is 6.26 Å². The van der Waals surface area contributed by atoms with E-state index in [2.05, 4.69) is 21.2 Å². The number of halogens is 1. The maximum Gasteiger partial charge on any atom is 0.175 e. The standard InChI is InChI=1S/C14H13BrN2O2S2/c1-21(18,19)11-5-3-10(4-6-11)17-13-7-2-9(14(16)20)8-12(13)15/h2-8,17H,1H3,(H2,16,20). The van der Waals surface area contributed by atoms with Crippen molar-refractivity contribution in [2.45, 2.75) is 4.90 Å². The highest BCUT2D eigenvalue weighted by Gasteiger charge is 2.07. The molecule has 0 bridgehead atoms. The molecule has 0 amide bonds. The van der Waals surface area contributed by atoms with Crippen LogP contribution in [0.2, 0.25) is 0 Å². The van der Waals surface area contributed by atoms with Gasteiger partial charge in [-0.2, -0.15) is 0 Å². The van der Waals surface area contributed by atoms with Gasteiger partial charge in [0.05, 0.1) is 10.6 Å². The summed E-state index contributed by atoms with van der Waals surface area (Å²) in [6.07, 6.45) is 1.18. The molecule has 2 aromatic rings. The Morgan fingerprint density at radius 3 is 2.29 bits per heavy atom. The molecule has 110 valence electrons. The smallest absolute Gasteiger partial charge is 0.175 e. The van der Waals surface area contributed by atoms with Gasteiger partial charge in [-0.1, -0.05) is 12.2 Å². The largest absolute Gasteiger partial charge is 0.389 e. The van der Waals surface area contributed by atoms with Gasteiger partial charge >= 0.3 is 0 Å². The Hall–Kier alpha value is -1.44. The lowest BCUT2D eigenvalue weighted by Gasteiger charge is -2.10. The molecule has 7 heteroatoms. The van der Waals surface area contributed by atoms with Crippen molar-refractivity contribution < 1.29 is 8.42 Å². The number of rotatable bonds is 4. The summed E-state index contributed by atoms with van der Waals surface area (Å²) in [6, 6.07) is 12.1. The molecule has 0 aliphatic rings. The average molecular weight is 385 g/mol. The van der Waals surface area contributed by atoms with Gasteiger partial charge in [0.2, 0.25) is 0 Å². The van der Waals surface area contributed by atoms with Crippen molar-refractivity contribution in [1.29, 1.82) is 0 Å². The van der Waals surface area contributed by atoms with Crippen molar-refractivity contribution >= 4 is 54.3 Å². The monoisotopic (exact) mass is 384 g/mol. The molecule has 0 saturated heterocycles. The highest BCUT2D eigenvalue weighted by atomic mass is 79.9. The molecule has 0 atom stereocenters. The summed E-state index contributed by atoms with van der Waals surface area (Å²) in [5.41, 5.74) is 7.97. The van der Waals surface area contributed by atoms with Gasteiger partial charge in [0.15, 0.2) is 9.84 Å². The van der Waals surface area contributed by atoms with Gasteiger partial charge in [-0.05, 0) is 58.4 Å². The predicted octanol–water partition coefficient (Wildman–Crippen LogP) is 3.23. The molecule has 0 aromatic heterocycles. The summed E-state index contributed by atoms with van der Waals surface area (Å²) < 4.78 is 23.6. The van der Waals surface area contributed by atoms with Crippen LogP contribution in [0.15, 0.2) is 51.8 Å². The number of sulfone groups is 1. The molecule has 2 rings (SSSR count). The Morgan fingerprint density at radius 2 is 1.81 bits per heavy atom. The van der Waals surface area contributed by atoms with Crippen LogP contribution in [0.5, 0.6) is 0 Å². The fraction of sp³-hybridized carbons (Fsp3) is 0.0714. The highest BCUT2D eigenvalue weighted by Crippen LogP contribution is 2.27. The van der Waals surface area contributed by atoms with Gasteiger partial charge in [-0.25, -0.2) is 8.42 Å². The maximum atomic E-state index is 11.4. The number of nitrogens with one attached hydrogen (secondary N) is 1. The molecule has 0 saturated carbocycles. The zero-order valence-corrected chi connectivity index (χ0v) is 14.3. The van der Waals surface area contributed by atoms with Crippen LogP contribution in [-0.4, -0.2) is 19.7 Å². The van der Waals surface area contributed by atoms with Gasteiger partial charge in [0, 0.05) is 22.0 Å². The lowest BCUT2D eigenvalue weighted by atomic mass is 10.2. The maximum absolute atomic E-state index is 11.4. The summed E-state index contributed by atoms with van der Waals surface area (Å²) in [4.78, 5) is 0.621. The van der Waals surface area contributed by atoms with Crippen LogP contribution < -0.4 is 11.1 Å². The van der Waals surface area contributed by atoms with Gasteiger partial charge in [0.1, 0.15) is 4.99 Å². The van der Waals surface area contributed by atoms with Crippen molar-refractivity contribution in [2.24, 2.45) is 5.73 Å². The quantitative estimate of drug-likeness (QED) is 0.791. The first-order valence-electron chi connectivity index (χ1n) is 5.94. The number of hydrogen-bond acceptors (Lipinski definition) is 4. The first-order chi connectivity index (χ1) is 9.77. The van der Waals surface area contributed by atoms with Crippen molar-refractivity contribution in [1.82, 2.24) is 0 Å². The molecule has 0 aliphatic carbocycles. The Morgan fingerprint density at radius 1 is 1.19 bits per heavy atom. The Labute approximate surface area is 137 Å². The van der Waals surface area contributed by atoms with Crippen LogP contribution in [0, 0.1) is 0 Å². The normalized spacial score (nSPS) is 11.1. The number of nitrogens with two attached hydrogens (primary N) is 1. The third kappa shape index (κ3) is 4.03. The molecule has 2 aromatic carbocycles. The summed E-state index contributed by atoms with van der Waals surface area (Å²) in [7, 11) is -3.18. The SMILES string of the molecule is CS(=O)(=O)c1ccc(Nc2ccc(C(N)=S)cc2Br)cc1. The summed E-state index contributed by atoms with van der Waals surface area (Å²) in [6.45, 7) is 0. The molecule has 4 nitrogen and oxygen atoms in total. The number of benzene rings is 2. The molecule has 0 spiro atoms.